The zero-order chi connectivity index (χ0) is 16.7. The second-order valence-corrected chi connectivity index (χ2v) is 6.16. The van der Waals surface area contributed by atoms with E-state index < -0.39 is 0 Å². The topological polar surface area (TPSA) is 50.9 Å². The summed E-state index contributed by atoms with van der Waals surface area (Å²) in [5.41, 5.74) is 5.51. The van der Waals surface area contributed by atoms with Crippen LogP contribution in [0.15, 0.2) is 42.5 Å². The molecule has 24 heavy (non-hydrogen) atoms. The number of rotatable bonds is 3. The summed E-state index contributed by atoms with van der Waals surface area (Å²) >= 11 is 0. The van der Waals surface area contributed by atoms with Crippen molar-refractivity contribution in [1.29, 1.82) is 0 Å². The Morgan fingerprint density at radius 2 is 2.00 bits per heavy atom. The van der Waals surface area contributed by atoms with Gasteiger partial charge < -0.3 is 5.11 Å². The van der Waals surface area contributed by atoms with Crippen molar-refractivity contribution in [3.63, 3.8) is 0 Å². The SMILES string of the molecule is Cc1cccc(-c2nn3c(c2-c2ccc(F)cc2)CC[C@H]3CO)n1. The van der Waals surface area contributed by atoms with E-state index in [1.165, 1.54) is 12.1 Å². The van der Waals surface area contributed by atoms with Gasteiger partial charge in [0.2, 0.25) is 0 Å². The Balaban J connectivity index is 1.94. The first-order valence-corrected chi connectivity index (χ1v) is 8.09. The smallest absolute Gasteiger partial charge is 0.123 e. The van der Waals surface area contributed by atoms with E-state index in [-0.39, 0.29) is 18.5 Å². The largest absolute Gasteiger partial charge is 0.394 e. The lowest BCUT2D eigenvalue weighted by Crippen LogP contribution is -2.09. The van der Waals surface area contributed by atoms with Crippen LogP contribution in [-0.4, -0.2) is 26.5 Å². The zero-order valence-electron chi connectivity index (χ0n) is 13.4. The number of aryl methyl sites for hydroxylation is 1. The van der Waals surface area contributed by atoms with Crippen LogP contribution in [0.25, 0.3) is 22.5 Å². The third kappa shape index (κ3) is 2.41. The van der Waals surface area contributed by atoms with E-state index in [2.05, 4.69) is 4.98 Å². The van der Waals surface area contributed by atoms with Gasteiger partial charge >= 0.3 is 0 Å². The molecule has 4 rings (SSSR count). The fraction of sp³-hybridized carbons (Fsp3) is 0.263. The minimum atomic E-state index is -0.258. The van der Waals surface area contributed by atoms with Gasteiger partial charge in [0.15, 0.2) is 0 Å². The molecule has 3 aromatic rings. The van der Waals surface area contributed by atoms with Crippen molar-refractivity contribution in [1.82, 2.24) is 14.8 Å². The number of hydrogen-bond donors (Lipinski definition) is 1. The number of nitrogens with zero attached hydrogens (tertiary/aromatic N) is 3. The number of aromatic nitrogens is 3. The molecule has 0 amide bonds. The molecule has 3 heterocycles. The van der Waals surface area contributed by atoms with Gasteiger partial charge in [-0.15, -0.1) is 0 Å². The van der Waals surface area contributed by atoms with Gasteiger partial charge in [-0.05, 0) is 49.6 Å². The predicted octanol–water partition coefficient (Wildman–Crippen LogP) is 3.54. The summed E-state index contributed by atoms with van der Waals surface area (Å²) in [6.07, 6.45) is 1.71. The summed E-state index contributed by atoms with van der Waals surface area (Å²) in [6.45, 7) is 2.01. The number of fused-ring (bicyclic) bond motifs is 1. The van der Waals surface area contributed by atoms with Crippen molar-refractivity contribution >= 4 is 0 Å². The van der Waals surface area contributed by atoms with Crippen LogP contribution in [0.1, 0.15) is 23.9 Å². The molecule has 1 aliphatic heterocycles. The standard InChI is InChI=1S/C19H18FN3O/c1-12-3-2-4-16(21-12)19-18(13-5-7-14(20)8-6-13)17-10-9-15(11-24)23(17)22-19/h2-8,15,24H,9-11H2,1H3/t15-/m0/s1. The lowest BCUT2D eigenvalue weighted by atomic mass is 9.99. The number of halogens is 1. The van der Waals surface area contributed by atoms with E-state index in [0.29, 0.717) is 0 Å². The van der Waals surface area contributed by atoms with Crippen LogP contribution in [0.3, 0.4) is 0 Å². The third-order valence-electron chi connectivity index (χ3n) is 4.54. The molecule has 2 aromatic heterocycles. The molecule has 0 saturated carbocycles. The summed E-state index contributed by atoms with van der Waals surface area (Å²) in [5, 5.41) is 14.4. The van der Waals surface area contributed by atoms with Gasteiger partial charge in [0.25, 0.3) is 0 Å². The van der Waals surface area contributed by atoms with E-state index >= 15 is 0 Å². The molecule has 0 radical (unpaired) electrons. The van der Waals surface area contributed by atoms with Gasteiger partial charge in [0, 0.05) is 17.0 Å². The molecule has 1 aliphatic rings. The highest BCUT2D eigenvalue weighted by atomic mass is 19.1. The summed E-state index contributed by atoms with van der Waals surface area (Å²) in [6, 6.07) is 12.3. The van der Waals surface area contributed by atoms with Crippen molar-refractivity contribution in [3.8, 4) is 22.5 Å². The van der Waals surface area contributed by atoms with E-state index in [0.717, 1.165) is 46.7 Å². The molecule has 1 N–H and O–H groups in total. The molecule has 0 fully saturated rings. The van der Waals surface area contributed by atoms with Gasteiger partial charge in [0.1, 0.15) is 11.5 Å². The van der Waals surface area contributed by atoms with Crippen LogP contribution in [0.5, 0.6) is 0 Å². The Bertz CT molecular complexity index is 886. The van der Waals surface area contributed by atoms with Gasteiger partial charge in [-0.3, -0.25) is 9.67 Å². The molecule has 5 heteroatoms. The monoisotopic (exact) mass is 323 g/mol. The van der Waals surface area contributed by atoms with Crippen LogP contribution in [0, 0.1) is 12.7 Å². The van der Waals surface area contributed by atoms with Gasteiger partial charge in [-0.25, -0.2) is 4.39 Å². The number of aliphatic hydroxyl groups excluding tert-OH is 1. The van der Waals surface area contributed by atoms with E-state index in [4.69, 9.17) is 5.10 Å². The van der Waals surface area contributed by atoms with Crippen molar-refractivity contribution < 1.29 is 9.50 Å². The van der Waals surface area contributed by atoms with Crippen molar-refractivity contribution in [2.75, 3.05) is 6.61 Å². The van der Waals surface area contributed by atoms with Gasteiger partial charge in [0.05, 0.1) is 18.3 Å². The van der Waals surface area contributed by atoms with Crippen LogP contribution in [-0.2, 0) is 6.42 Å². The number of benzene rings is 1. The van der Waals surface area contributed by atoms with Crippen LogP contribution in [0.4, 0.5) is 4.39 Å². The average Bonchev–Trinajstić information content (AvgIpc) is 3.14. The summed E-state index contributed by atoms with van der Waals surface area (Å²) in [4.78, 5) is 4.60. The summed E-state index contributed by atoms with van der Waals surface area (Å²) in [5.74, 6) is -0.258. The number of pyridine rings is 1. The van der Waals surface area contributed by atoms with Crippen molar-refractivity contribution in [2.24, 2.45) is 0 Å². The van der Waals surface area contributed by atoms with Gasteiger partial charge in [-0.1, -0.05) is 18.2 Å². The molecule has 122 valence electrons. The fourth-order valence-corrected chi connectivity index (χ4v) is 3.38. The van der Waals surface area contributed by atoms with Crippen LogP contribution < -0.4 is 0 Å². The second kappa shape index (κ2) is 5.83. The molecule has 1 atom stereocenters. The molecule has 0 spiro atoms. The van der Waals surface area contributed by atoms with Crippen molar-refractivity contribution in [3.05, 3.63) is 59.7 Å². The minimum absolute atomic E-state index is 0.00208. The molecular formula is C19H18FN3O. The first-order valence-electron chi connectivity index (χ1n) is 8.09. The maximum Gasteiger partial charge on any atom is 0.123 e. The molecule has 4 nitrogen and oxygen atoms in total. The Morgan fingerprint density at radius 1 is 1.21 bits per heavy atom. The maximum atomic E-state index is 13.3. The highest BCUT2D eigenvalue weighted by molar-refractivity contribution is 5.81. The average molecular weight is 323 g/mol. The van der Waals surface area contributed by atoms with E-state index in [9.17, 15) is 9.50 Å². The predicted molar refractivity (Wildman–Crippen MR) is 90.0 cm³/mol. The van der Waals surface area contributed by atoms with Crippen molar-refractivity contribution in [2.45, 2.75) is 25.8 Å². The molecular weight excluding hydrogens is 305 g/mol. The zero-order valence-corrected chi connectivity index (χ0v) is 13.4. The minimum Gasteiger partial charge on any atom is -0.394 e. The lowest BCUT2D eigenvalue weighted by Gasteiger charge is -2.07. The van der Waals surface area contributed by atoms with Gasteiger partial charge in [-0.2, -0.15) is 5.10 Å². The Morgan fingerprint density at radius 3 is 2.71 bits per heavy atom. The molecule has 1 aromatic carbocycles. The number of hydrogen-bond acceptors (Lipinski definition) is 3. The molecule has 0 saturated heterocycles. The first-order chi connectivity index (χ1) is 11.7. The normalized spacial score (nSPS) is 16.4. The second-order valence-electron chi connectivity index (χ2n) is 6.16. The van der Waals surface area contributed by atoms with Crippen LogP contribution >= 0.6 is 0 Å². The Kier molecular flexibility index (Phi) is 3.65. The molecule has 0 aliphatic carbocycles. The highest BCUT2D eigenvalue weighted by Gasteiger charge is 2.29. The Labute approximate surface area is 139 Å². The molecule has 0 bridgehead atoms. The fourth-order valence-electron chi connectivity index (χ4n) is 3.38. The summed E-state index contributed by atoms with van der Waals surface area (Å²) in [7, 11) is 0. The molecule has 0 unspecified atom stereocenters. The quantitative estimate of drug-likeness (QED) is 0.802. The highest BCUT2D eigenvalue weighted by Crippen LogP contribution is 2.39. The maximum absolute atomic E-state index is 13.3. The van der Waals surface area contributed by atoms with Crippen LogP contribution in [0.2, 0.25) is 0 Å². The summed E-state index contributed by atoms with van der Waals surface area (Å²) < 4.78 is 15.2. The van der Waals surface area contributed by atoms with E-state index in [1.807, 2.05) is 29.8 Å². The third-order valence-corrected chi connectivity index (χ3v) is 4.54. The number of aliphatic hydroxyl groups is 1. The first kappa shape index (κ1) is 15.0. The van der Waals surface area contributed by atoms with E-state index in [1.54, 1.807) is 12.1 Å². The Hall–Kier alpha value is -2.53. The lowest BCUT2D eigenvalue weighted by molar-refractivity contribution is 0.224.